The van der Waals surface area contributed by atoms with Crippen molar-refractivity contribution in [3.63, 3.8) is 0 Å². The van der Waals surface area contributed by atoms with E-state index in [0.717, 1.165) is 5.56 Å². The molecule has 0 bridgehead atoms. The number of halogens is 2. The maximum absolute atomic E-state index is 13.9. The molecule has 1 aliphatic heterocycles. The number of piperazine rings is 1. The Bertz CT molecular complexity index is 754. The third-order valence-electron chi connectivity index (χ3n) is 4.14. The van der Waals surface area contributed by atoms with Crippen LogP contribution < -0.4 is 10.1 Å². The third kappa shape index (κ3) is 3.37. The molecule has 1 heterocycles. The fraction of sp³-hybridized carbons (Fsp3) is 0.278. The highest BCUT2D eigenvalue weighted by Gasteiger charge is 2.29. The van der Waals surface area contributed by atoms with Gasteiger partial charge in [0.25, 0.3) is 5.91 Å². The van der Waals surface area contributed by atoms with Gasteiger partial charge in [0.2, 0.25) is 0 Å². The van der Waals surface area contributed by atoms with Crippen molar-refractivity contribution >= 4 is 17.5 Å². The van der Waals surface area contributed by atoms with E-state index in [-0.39, 0.29) is 17.7 Å². The van der Waals surface area contributed by atoms with Crippen LogP contribution in [0.1, 0.15) is 22.0 Å². The smallest absolute Gasteiger partial charge is 0.254 e. The minimum Gasteiger partial charge on any atom is -0.494 e. The highest BCUT2D eigenvalue weighted by Crippen LogP contribution is 2.27. The molecule has 1 atom stereocenters. The molecule has 0 radical (unpaired) electrons. The van der Waals surface area contributed by atoms with Gasteiger partial charge in [-0.3, -0.25) is 4.79 Å². The number of amides is 1. The van der Waals surface area contributed by atoms with Gasteiger partial charge in [-0.2, -0.15) is 0 Å². The number of benzene rings is 2. The zero-order valence-electron chi connectivity index (χ0n) is 13.3. The van der Waals surface area contributed by atoms with Crippen molar-refractivity contribution in [2.45, 2.75) is 6.04 Å². The Hall–Kier alpha value is -2.11. The molecule has 1 aliphatic rings. The lowest BCUT2D eigenvalue weighted by Gasteiger charge is -2.36. The monoisotopic (exact) mass is 348 g/mol. The molecule has 2 aromatic rings. The Kier molecular flexibility index (Phi) is 5.02. The van der Waals surface area contributed by atoms with Crippen molar-refractivity contribution in [1.29, 1.82) is 0 Å². The molecule has 1 unspecified atom stereocenters. The molecule has 1 fully saturated rings. The van der Waals surface area contributed by atoms with Gasteiger partial charge in [-0.15, -0.1) is 0 Å². The van der Waals surface area contributed by atoms with Crippen LogP contribution in [0.3, 0.4) is 0 Å². The fourth-order valence-electron chi connectivity index (χ4n) is 2.92. The summed E-state index contributed by atoms with van der Waals surface area (Å²) < 4.78 is 18.8. The molecule has 126 valence electrons. The Balaban J connectivity index is 1.90. The second-order valence-electron chi connectivity index (χ2n) is 5.62. The van der Waals surface area contributed by atoms with E-state index in [1.807, 2.05) is 18.2 Å². The molecule has 4 nitrogen and oxygen atoms in total. The van der Waals surface area contributed by atoms with Crippen molar-refractivity contribution in [3.05, 3.63) is 64.4 Å². The minimum atomic E-state index is -0.544. The van der Waals surface area contributed by atoms with E-state index in [9.17, 15) is 9.18 Å². The number of carbonyl (C=O) groups is 1. The molecule has 1 saturated heterocycles. The van der Waals surface area contributed by atoms with E-state index in [4.69, 9.17) is 16.3 Å². The molecule has 3 rings (SSSR count). The molecule has 2 aromatic carbocycles. The lowest BCUT2D eigenvalue weighted by molar-refractivity contribution is 0.0633. The zero-order chi connectivity index (χ0) is 17.1. The van der Waals surface area contributed by atoms with E-state index in [1.54, 1.807) is 17.0 Å². The number of nitrogens with zero attached hydrogens (tertiary/aromatic N) is 1. The van der Waals surface area contributed by atoms with Crippen LogP contribution in [0.15, 0.2) is 42.5 Å². The van der Waals surface area contributed by atoms with Crippen LogP contribution >= 0.6 is 11.6 Å². The fourth-order valence-corrected chi connectivity index (χ4v) is 3.12. The Morgan fingerprint density at radius 2 is 2.17 bits per heavy atom. The van der Waals surface area contributed by atoms with Gasteiger partial charge >= 0.3 is 0 Å². The van der Waals surface area contributed by atoms with Gasteiger partial charge in [0.1, 0.15) is 0 Å². The van der Waals surface area contributed by atoms with Crippen LogP contribution in [-0.4, -0.2) is 37.6 Å². The first kappa shape index (κ1) is 16.7. The Labute approximate surface area is 145 Å². The van der Waals surface area contributed by atoms with Gasteiger partial charge in [-0.25, -0.2) is 4.39 Å². The second kappa shape index (κ2) is 7.20. The Morgan fingerprint density at radius 1 is 1.33 bits per heavy atom. The molecular formula is C18H18ClFN2O2. The average Bonchev–Trinajstić information content (AvgIpc) is 2.61. The summed E-state index contributed by atoms with van der Waals surface area (Å²) in [6.07, 6.45) is 0. The molecule has 0 spiro atoms. The molecule has 6 heteroatoms. The summed E-state index contributed by atoms with van der Waals surface area (Å²) in [5, 5.41) is 3.91. The summed E-state index contributed by atoms with van der Waals surface area (Å²) in [5.74, 6) is -0.626. The molecule has 0 saturated carbocycles. The topological polar surface area (TPSA) is 41.6 Å². The number of nitrogens with one attached hydrogen (secondary N) is 1. The first-order valence-electron chi connectivity index (χ1n) is 7.71. The minimum absolute atomic E-state index is 0.123. The molecule has 24 heavy (non-hydrogen) atoms. The van der Waals surface area contributed by atoms with Gasteiger partial charge in [-0.05, 0) is 35.9 Å². The van der Waals surface area contributed by atoms with Crippen molar-refractivity contribution < 1.29 is 13.9 Å². The third-order valence-corrected chi connectivity index (χ3v) is 4.37. The number of rotatable bonds is 3. The molecule has 0 aliphatic carbocycles. The van der Waals surface area contributed by atoms with Crippen LogP contribution in [0.25, 0.3) is 0 Å². The molecule has 0 aromatic heterocycles. The van der Waals surface area contributed by atoms with Crippen LogP contribution in [0, 0.1) is 5.82 Å². The van der Waals surface area contributed by atoms with E-state index in [1.165, 1.54) is 19.2 Å². The van der Waals surface area contributed by atoms with Crippen LogP contribution in [0.4, 0.5) is 4.39 Å². The van der Waals surface area contributed by atoms with Gasteiger partial charge in [-0.1, -0.05) is 23.7 Å². The van der Waals surface area contributed by atoms with Crippen molar-refractivity contribution in [2.75, 3.05) is 26.7 Å². The molecular weight excluding hydrogens is 331 g/mol. The van der Waals surface area contributed by atoms with E-state index in [2.05, 4.69) is 5.32 Å². The summed E-state index contributed by atoms with van der Waals surface area (Å²) in [6, 6.07) is 11.6. The predicted molar refractivity (Wildman–Crippen MR) is 91.1 cm³/mol. The summed E-state index contributed by atoms with van der Waals surface area (Å²) in [6.45, 7) is 1.87. The predicted octanol–water partition coefficient (Wildman–Crippen LogP) is 3.27. The van der Waals surface area contributed by atoms with Crippen LogP contribution in [0.5, 0.6) is 5.75 Å². The summed E-state index contributed by atoms with van der Waals surface area (Å²) in [7, 11) is 1.39. The molecule has 1 N–H and O–H groups in total. The van der Waals surface area contributed by atoms with E-state index in [0.29, 0.717) is 30.2 Å². The lowest BCUT2D eigenvalue weighted by Crippen LogP contribution is -2.48. The van der Waals surface area contributed by atoms with Gasteiger partial charge in [0.15, 0.2) is 11.6 Å². The first-order chi connectivity index (χ1) is 11.6. The summed E-state index contributed by atoms with van der Waals surface area (Å²) >= 11 is 6.08. The lowest BCUT2D eigenvalue weighted by atomic mass is 10.0. The summed E-state index contributed by atoms with van der Waals surface area (Å²) in [4.78, 5) is 14.6. The highest BCUT2D eigenvalue weighted by molar-refractivity contribution is 6.30. The van der Waals surface area contributed by atoms with Crippen molar-refractivity contribution in [1.82, 2.24) is 10.2 Å². The van der Waals surface area contributed by atoms with Gasteiger partial charge < -0.3 is 15.0 Å². The second-order valence-corrected chi connectivity index (χ2v) is 6.06. The number of hydrogen-bond donors (Lipinski definition) is 1. The van der Waals surface area contributed by atoms with Gasteiger partial charge in [0.05, 0.1) is 13.2 Å². The normalized spacial score (nSPS) is 17.6. The number of carbonyl (C=O) groups excluding carboxylic acids is 1. The Morgan fingerprint density at radius 3 is 2.88 bits per heavy atom. The largest absolute Gasteiger partial charge is 0.494 e. The first-order valence-corrected chi connectivity index (χ1v) is 8.08. The summed E-state index contributed by atoms with van der Waals surface area (Å²) in [5.41, 5.74) is 1.26. The average molecular weight is 349 g/mol. The highest BCUT2D eigenvalue weighted by atomic mass is 35.5. The number of ether oxygens (including phenoxy) is 1. The van der Waals surface area contributed by atoms with Crippen molar-refractivity contribution in [3.8, 4) is 5.75 Å². The van der Waals surface area contributed by atoms with Crippen LogP contribution in [-0.2, 0) is 0 Å². The quantitative estimate of drug-likeness (QED) is 0.925. The van der Waals surface area contributed by atoms with Gasteiger partial charge in [0, 0.05) is 30.2 Å². The van der Waals surface area contributed by atoms with Crippen LogP contribution in [0.2, 0.25) is 5.02 Å². The van der Waals surface area contributed by atoms with Crippen molar-refractivity contribution in [2.24, 2.45) is 0 Å². The number of methoxy groups -OCH3 is 1. The van der Waals surface area contributed by atoms with E-state index >= 15 is 0 Å². The zero-order valence-corrected chi connectivity index (χ0v) is 14.0. The molecule has 1 amide bonds. The maximum Gasteiger partial charge on any atom is 0.254 e. The van der Waals surface area contributed by atoms with E-state index < -0.39 is 5.82 Å². The number of hydrogen-bond acceptors (Lipinski definition) is 3. The SMILES string of the molecule is COc1ccc(C(=O)N2CCNCC2c2cccc(Cl)c2)cc1F. The maximum atomic E-state index is 13.9. The standard InChI is InChI=1S/C18H18ClFN2O2/c1-24-17-6-5-13(10-15(17)20)18(23)22-8-7-21-11-16(22)12-3-2-4-14(19)9-12/h2-6,9-10,16,21H,7-8,11H2,1H3.